The van der Waals surface area contributed by atoms with Gasteiger partial charge in [0, 0.05) is 15.4 Å². The van der Waals surface area contributed by atoms with Gasteiger partial charge in [-0.25, -0.2) is 4.99 Å². The fourth-order valence-electron chi connectivity index (χ4n) is 3.55. The quantitative estimate of drug-likeness (QED) is 0.497. The predicted octanol–water partition coefficient (Wildman–Crippen LogP) is 4.00. The SMILES string of the molecule is CC1=C(C(=O)Nc2ccccc2)[C@H](c2cccs2)n2c(s/c(=C\c3cccs3)c2=O)=N1. The van der Waals surface area contributed by atoms with E-state index >= 15 is 0 Å². The van der Waals surface area contributed by atoms with Gasteiger partial charge in [0.05, 0.1) is 15.8 Å². The second kappa shape index (κ2) is 8.22. The summed E-state index contributed by atoms with van der Waals surface area (Å²) in [4.78, 5) is 33.9. The molecule has 5 rings (SSSR count). The maximum atomic E-state index is 13.4. The van der Waals surface area contributed by atoms with Crippen molar-refractivity contribution >= 4 is 51.7 Å². The number of hydrogen-bond acceptors (Lipinski definition) is 6. The van der Waals surface area contributed by atoms with Crippen molar-refractivity contribution in [1.82, 2.24) is 4.57 Å². The van der Waals surface area contributed by atoms with Gasteiger partial charge in [0.15, 0.2) is 4.80 Å². The summed E-state index contributed by atoms with van der Waals surface area (Å²) in [5, 5.41) is 6.89. The molecule has 1 atom stereocenters. The summed E-state index contributed by atoms with van der Waals surface area (Å²) in [5.41, 5.74) is 1.68. The van der Waals surface area contributed by atoms with Crippen molar-refractivity contribution in [3.05, 3.63) is 106 Å². The third-order valence-electron chi connectivity index (χ3n) is 4.93. The molecular formula is C23H17N3O2S3. The molecule has 0 unspecified atom stereocenters. The summed E-state index contributed by atoms with van der Waals surface area (Å²) in [7, 11) is 0. The van der Waals surface area contributed by atoms with E-state index in [0.29, 0.717) is 26.3 Å². The molecular weight excluding hydrogens is 446 g/mol. The van der Waals surface area contributed by atoms with Crippen LogP contribution >= 0.6 is 34.0 Å². The molecule has 0 bridgehead atoms. The first kappa shape index (κ1) is 19.9. The van der Waals surface area contributed by atoms with Gasteiger partial charge in [-0.15, -0.1) is 22.7 Å². The molecule has 1 aliphatic rings. The second-order valence-electron chi connectivity index (χ2n) is 6.93. The molecule has 1 N–H and O–H groups in total. The number of para-hydroxylation sites is 1. The molecule has 154 valence electrons. The van der Waals surface area contributed by atoms with Crippen LogP contribution in [0.3, 0.4) is 0 Å². The lowest BCUT2D eigenvalue weighted by atomic mass is 10.0. The fourth-order valence-corrected chi connectivity index (χ4v) is 6.14. The van der Waals surface area contributed by atoms with E-state index < -0.39 is 6.04 Å². The number of carbonyl (C=O) groups excluding carboxylic acids is 1. The second-order valence-corrected chi connectivity index (χ2v) is 9.90. The van der Waals surface area contributed by atoms with Gasteiger partial charge in [-0.3, -0.25) is 14.2 Å². The highest BCUT2D eigenvalue weighted by atomic mass is 32.1. The minimum Gasteiger partial charge on any atom is -0.322 e. The molecule has 0 spiro atoms. The topological polar surface area (TPSA) is 63.5 Å². The number of amides is 1. The standard InChI is InChI=1S/C23H17N3O2S3/c1-14-19(21(27)25-15-7-3-2-4-8-15)20(17-10-6-12-30-17)26-22(28)18(31-23(26)24-14)13-16-9-5-11-29-16/h2-13,20H,1H3,(H,25,27)/b18-13-/t20-/m0/s1. The first-order valence-electron chi connectivity index (χ1n) is 9.57. The van der Waals surface area contributed by atoms with E-state index in [0.717, 1.165) is 9.75 Å². The lowest BCUT2D eigenvalue weighted by Gasteiger charge is -2.24. The number of nitrogens with zero attached hydrogens (tertiary/aromatic N) is 2. The highest BCUT2D eigenvalue weighted by Gasteiger charge is 2.33. The number of fused-ring (bicyclic) bond motifs is 1. The number of aromatic nitrogens is 1. The number of rotatable bonds is 4. The summed E-state index contributed by atoms with van der Waals surface area (Å²) in [6.45, 7) is 1.83. The number of anilines is 1. The van der Waals surface area contributed by atoms with E-state index in [9.17, 15) is 9.59 Å². The molecule has 1 aliphatic heterocycles. The van der Waals surface area contributed by atoms with Crippen LogP contribution in [-0.4, -0.2) is 10.5 Å². The molecule has 0 fully saturated rings. The molecule has 0 saturated carbocycles. The Morgan fingerprint density at radius 1 is 1.06 bits per heavy atom. The smallest absolute Gasteiger partial charge is 0.271 e. The first-order valence-corrected chi connectivity index (χ1v) is 12.2. The van der Waals surface area contributed by atoms with Gasteiger partial charge in [0.25, 0.3) is 11.5 Å². The average molecular weight is 464 g/mol. The summed E-state index contributed by atoms with van der Waals surface area (Å²) in [5.74, 6) is -0.251. The van der Waals surface area contributed by atoms with Crippen LogP contribution in [-0.2, 0) is 4.79 Å². The molecule has 4 heterocycles. The fraction of sp³-hybridized carbons (Fsp3) is 0.0870. The number of hydrogen-bond donors (Lipinski definition) is 1. The zero-order chi connectivity index (χ0) is 21.4. The van der Waals surface area contributed by atoms with Crippen LogP contribution in [0.25, 0.3) is 6.08 Å². The molecule has 0 saturated heterocycles. The van der Waals surface area contributed by atoms with Crippen molar-refractivity contribution in [3.63, 3.8) is 0 Å². The van der Waals surface area contributed by atoms with Crippen molar-refractivity contribution < 1.29 is 4.79 Å². The van der Waals surface area contributed by atoms with Gasteiger partial charge in [-0.1, -0.05) is 41.7 Å². The summed E-state index contributed by atoms with van der Waals surface area (Å²) in [6.07, 6.45) is 1.89. The monoisotopic (exact) mass is 463 g/mol. The molecule has 4 aromatic rings. The van der Waals surface area contributed by atoms with Crippen LogP contribution < -0.4 is 20.2 Å². The third kappa shape index (κ3) is 3.74. The lowest BCUT2D eigenvalue weighted by molar-refractivity contribution is -0.113. The van der Waals surface area contributed by atoms with Gasteiger partial charge in [0.2, 0.25) is 0 Å². The van der Waals surface area contributed by atoms with E-state index in [1.54, 1.807) is 15.9 Å². The zero-order valence-corrected chi connectivity index (χ0v) is 18.9. The minimum atomic E-state index is -0.509. The van der Waals surface area contributed by atoms with Crippen LogP contribution in [0.5, 0.6) is 0 Å². The number of thiazole rings is 1. The van der Waals surface area contributed by atoms with Gasteiger partial charge >= 0.3 is 0 Å². The summed E-state index contributed by atoms with van der Waals surface area (Å²) in [6, 6.07) is 16.6. The largest absolute Gasteiger partial charge is 0.322 e. The Hall–Kier alpha value is -3.07. The van der Waals surface area contributed by atoms with Crippen LogP contribution in [0.1, 0.15) is 22.7 Å². The van der Waals surface area contributed by atoms with Gasteiger partial charge in [-0.05, 0) is 48.0 Å². The highest BCUT2D eigenvalue weighted by Crippen LogP contribution is 2.33. The van der Waals surface area contributed by atoms with E-state index in [-0.39, 0.29) is 11.5 Å². The molecule has 0 radical (unpaired) electrons. The Kier molecular flexibility index (Phi) is 5.27. The Balaban J connectivity index is 1.66. The van der Waals surface area contributed by atoms with Crippen molar-refractivity contribution in [1.29, 1.82) is 0 Å². The molecule has 0 aliphatic carbocycles. The number of carbonyl (C=O) groups is 1. The average Bonchev–Trinajstić information content (AvgIpc) is 3.51. The van der Waals surface area contributed by atoms with Crippen molar-refractivity contribution in [2.75, 3.05) is 5.32 Å². The number of allylic oxidation sites excluding steroid dienone is 1. The number of benzene rings is 1. The van der Waals surface area contributed by atoms with Crippen LogP contribution in [0, 0.1) is 0 Å². The van der Waals surface area contributed by atoms with Crippen molar-refractivity contribution in [3.8, 4) is 0 Å². The summed E-state index contributed by atoms with van der Waals surface area (Å²) >= 11 is 4.46. The van der Waals surface area contributed by atoms with Crippen LogP contribution in [0.15, 0.2) is 86.4 Å². The normalized spacial score (nSPS) is 16.2. The van der Waals surface area contributed by atoms with E-state index in [4.69, 9.17) is 0 Å². The molecule has 1 amide bonds. The molecule has 1 aromatic carbocycles. The van der Waals surface area contributed by atoms with Gasteiger partial charge in [0.1, 0.15) is 6.04 Å². The zero-order valence-electron chi connectivity index (χ0n) is 16.4. The predicted molar refractivity (Wildman–Crippen MR) is 127 cm³/mol. The summed E-state index contributed by atoms with van der Waals surface area (Å²) < 4.78 is 2.27. The highest BCUT2D eigenvalue weighted by molar-refractivity contribution is 7.11. The maximum Gasteiger partial charge on any atom is 0.271 e. The Morgan fingerprint density at radius 3 is 2.55 bits per heavy atom. The van der Waals surface area contributed by atoms with E-state index in [2.05, 4.69) is 10.3 Å². The number of thiophene rings is 2. The molecule has 3 aromatic heterocycles. The maximum absolute atomic E-state index is 13.4. The van der Waals surface area contributed by atoms with Crippen molar-refractivity contribution in [2.45, 2.75) is 13.0 Å². The number of nitrogens with one attached hydrogen (secondary N) is 1. The minimum absolute atomic E-state index is 0.131. The third-order valence-corrected chi connectivity index (χ3v) is 7.65. The molecule has 5 nitrogen and oxygen atoms in total. The van der Waals surface area contributed by atoms with Crippen LogP contribution in [0.4, 0.5) is 5.69 Å². The Bertz CT molecular complexity index is 1440. The molecule has 8 heteroatoms. The van der Waals surface area contributed by atoms with Gasteiger partial charge < -0.3 is 5.32 Å². The lowest BCUT2D eigenvalue weighted by Crippen LogP contribution is -2.40. The van der Waals surface area contributed by atoms with Gasteiger partial charge in [-0.2, -0.15) is 0 Å². The van der Waals surface area contributed by atoms with Crippen molar-refractivity contribution in [2.24, 2.45) is 4.99 Å². The van der Waals surface area contributed by atoms with E-state index in [1.807, 2.05) is 78.4 Å². The molecule has 31 heavy (non-hydrogen) atoms. The first-order chi connectivity index (χ1) is 15.1. The Labute approximate surface area is 190 Å². The van der Waals surface area contributed by atoms with E-state index in [1.165, 1.54) is 22.7 Å². The Morgan fingerprint density at radius 2 is 1.84 bits per heavy atom. The van der Waals surface area contributed by atoms with Crippen LogP contribution in [0.2, 0.25) is 0 Å².